The summed E-state index contributed by atoms with van der Waals surface area (Å²) < 4.78 is 16.3. The van der Waals surface area contributed by atoms with Crippen LogP contribution in [0, 0.1) is 6.92 Å². The van der Waals surface area contributed by atoms with E-state index < -0.39 is 5.91 Å². The van der Waals surface area contributed by atoms with Gasteiger partial charge in [0.25, 0.3) is 5.91 Å². The Morgan fingerprint density at radius 1 is 1.06 bits per heavy atom. The van der Waals surface area contributed by atoms with Gasteiger partial charge in [0, 0.05) is 17.3 Å². The van der Waals surface area contributed by atoms with E-state index in [2.05, 4.69) is 15.6 Å². The molecule has 0 atom stereocenters. The van der Waals surface area contributed by atoms with Crippen LogP contribution < -0.4 is 20.1 Å². The third-order valence-electron chi connectivity index (χ3n) is 4.89. The first kappa shape index (κ1) is 19.8. The maximum absolute atomic E-state index is 12.5. The fraction of sp³-hybridized carbons (Fsp3) is 0.0870. The van der Waals surface area contributed by atoms with Crippen LogP contribution in [0.2, 0.25) is 0 Å². The van der Waals surface area contributed by atoms with Crippen molar-refractivity contribution in [1.82, 2.24) is 10.3 Å². The highest BCUT2D eigenvalue weighted by Crippen LogP contribution is 2.34. The van der Waals surface area contributed by atoms with E-state index in [0.717, 1.165) is 5.56 Å². The lowest BCUT2D eigenvalue weighted by Gasteiger charge is -2.11. The van der Waals surface area contributed by atoms with Gasteiger partial charge in [-0.15, -0.1) is 0 Å². The number of carbonyl (C=O) groups is 1. The molecule has 0 radical (unpaired) electrons. The van der Waals surface area contributed by atoms with E-state index in [0.29, 0.717) is 45.3 Å². The molecule has 8 nitrogen and oxygen atoms in total. The van der Waals surface area contributed by atoms with Crippen LogP contribution in [0.25, 0.3) is 22.6 Å². The number of ether oxygens (including phenoxy) is 2. The highest BCUT2D eigenvalue weighted by atomic mass is 32.1. The van der Waals surface area contributed by atoms with Crippen molar-refractivity contribution in [2.24, 2.45) is 0 Å². The van der Waals surface area contributed by atoms with Gasteiger partial charge in [0.15, 0.2) is 22.2 Å². The molecular weight excluding hydrogens is 430 g/mol. The summed E-state index contributed by atoms with van der Waals surface area (Å²) in [7, 11) is 0. The minimum Gasteiger partial charge on any atom is -0.507 e. The van der Waals surface area contributed by atoms with Gasteiger partial charge in [0.2, 0.25) is 12.7 Å². The standard InChI is InChI=1S/C23H17N3O5S/c1-12-2-6-18-16(8-12)25-22(31-18)15-5-4-14(10-17(15)27)24-23(32)26-21(28)13-3-7-19-20(9-13)30-11-29-19/h2-10,27H,11H2,1H3,(H2,24,26,28,32). The van der Waals surface area contributed by atoms with Gasteiger partial charge in [0.1, 0.15) is 11.3 Å². The number of amides is 1. The first-order chi connectivity index (χ1) is 15.5. The number of carbonyl (C=O) groups excluding carboxylic acids is 1. The molecule has 1 aliphatic heterocycles. The smallest absolute Gasteiger partial charge is 0.257 e. The molecule has 1 amide bonds. The number of anilines is 1. The lowest BCUT2D eigenvalue weighted by atomic mass is 10.2. The predicted octanol–water partition coefficient (Wildman–Crippen LogP) is 4.36. The molecule has 0 aliphatic carbocycles. The topological polar surface area (TPSA) is 106 Å². The van der Waals surface area contributed by atoms with Gasteiger partial charge in [-0.05, 0) is 67.2 Å². The Hall–Kier alpha value is -4.11. The minimum absolute atomic E-state index is 0.0387. The van der Waals surface area contributed by atoms with Crippen LogP contribution in [0.15, 0.2) is 59.0 Å². The molecule has 5 rings (SSSR count). The third-order valence-corrected chi connectivity index (χ3v) is 5.10. The summed E-state index contributed by atoms with van der Waals surface area (Å²) in [5.74, 6) is 0.971. The monoisotopic (exact) mass is 447 g/mol. The van der Waals surface area contributed by atoms with Crippen molar-refractivity contribution >= 4 is 40.0 Å². The normalized spacial score (nSPS) is 12.0. The average molecular weight is 447 g/mol. The summed E-state index contributed by atoms with van der Waals surface area (Å²) in [6.45, 7) is 2.10. The molecule has 1 aliphatic rings. The Kier molecular flexibility index (Phi) is 4.87. The van der Waals surface area contributed by atoms with Gasteiger partial charge in [-0.2, -0.15) is 0 Å². The van der Waals surface area contributed by atoms with Gasteiger partial charge in [-0.1, -0.05) is 6.07 Å². The van der Waals surface area contributed by atoms with Crippen LogP contribution in [0.3, 0.4) is 0 Å². The number of nitrogens with one attached hydrogen (secondary N) is 2. The first-order valence-corrected chi connectivity index (χ1v) is 10.1. The lowest BCUT2D eigenvalue weighted by Crippen LogP contribution is -2.34. The summed E-state index contributed by atoms with van der Waals surface area (Å²) in [6.07, 6.45) is 0. The Morgan fingerprint density at radius 2 is 1.91 bits per heavy atom. The van der Waals surface area contributed by atoms with Crippen molar-refractivity contribution in [3.8, 4) is 28.7 Å². The van der Waals surface area contributed by atoms with Crippen molar-refractivity contribution in [2.45, 2.75) is 6.92 Å². The summed E-state index contributed by atoms with van der Waals surface area (Å²) in [5.41, 5.74) is 3.74. The molecule has 9 heteroatoms. The van der Waals surface area contributed by atoms with Crippen molar-refractivity contribution in [3.05, 3.63) is 65.7 Å². The number of benzene rings is 3. The number of nitrogens with zero attached hydrogens (tertiary/aromatic N) is 1. The molecule has 160 valence electrons. The summed E-state index contributed by atoms with van der Waals surface area (Å²) in [5, 5.41) is 16.0. The minimum atomic E-state index is -0.400. The molecule has 0 fully saturated rings. The molecule has 1 aromatic heterocycles. The zero-order chi connectivity index (χ0) is 22.2. The Balaban J connectivity index is 1.28. The highest BCUT2D eigenvalue weighted by molar-refractivity contribution is 7.80. The van der Waals surface area contributed by atoms with Crippen molar-refractivity contribution in [1.29, 1.82) is 0 Å². The van der Waals surface area contributed by atoms with E-state index in [-0.39, 0.29) is 17.7 Å². The van der Waals surface area contributed by atoms with E-state index in [1.165, 1.54) is 6.07 Å². The average Bonchev–Trinajstić information content (AvgIpc) is 3.39. The number of hydrogen-bond acceptors (Lipinski definition) is 7. The van der Waals surface area contributed by atoms with Crippen LogP contribution in [0.4, 0.5) is 5.69 Å². The molecular formula is C23H17N3O5S. The maximum atomic E-state index is 12.5. The summed E-state index contributed by atoms with van der Waals surface area (Å²) in [6, 6.07) is 15.4. The molecule has 2 heterocycles. The summed E-state index contributed by atoms with van der Waals surface area (Å²) >= 11 is 5.23. The molecule has 0 saturated carbocycles. The Bertz CT molecular complexity index is 1380. The van der Waals surface area contributed by atoms with Gasteiger partial charge in [-0.25, -0.2) is 4.98 Å². The Morgan fingerprint density at radius 3 is 2.75 bits per heavy atom. The summed E-state index contributed by atoms with van der Waals surface area (Å²) in [4.78, 5) is 16.9. The largest absolute Gasteiger partial charge is 0.507 e. The number of aryl methyl sites for hydroxylation is 1. The number of phenols is 1. The highest BCUT2D eigenvalue weighted by Gasteiger charge is 2.17. The number of hydrogen-bond donors (Lipinski definition) is 3. The Labute approximate surface area is 187 Å². The zero-order valence-electron chi connectivity index (χ0n) is 16.8. The van der Waals surface area contributed by atoms with Gasteiger partial charge in [-0.3, -0.25) is 10.1 Å². The van der Waals surface area contributed by atoms with Crippen LogP contribution in [-0.4, -0.2) is 27.9 Å². The molecule has 3 N–H and O–H groups in total. The fourth-order valence-corrected chi connectivity index (χ4v) is 3.53. The van der Waals surface area contributed by atoms with Crippen LogP contribution in [-0.2, 0) is 0 Å². The van der Waals surface area contributed by atoms with E-state index >= 15 is 0 Å². The second kappa shape index (κ2) is 7.86. The zero-order valence-corrected chi connectivity index (χ0v) is 17.7. The lowest BCUT2D eigenvalue weighted by molar-refractivity contribution is 0.0977. The van der Waals surface area contributed by atoms with Crippen molar-refractivity contribution in [3.63, 3.8) is 0 Å². The number of thiocarbonyl (C=S) groups is 1. The molecule has 0 bridgehead atoms. The third kappa shape index (κ3) is 3.81. The number of phenolic OH excluding ortho intramolecular Hbond substituents is 1. The SMILES string of the molecule is Cc1ccc2oc(-c3ccc(NC(=S)NC(=O)c4ccc5c(c4)OCO5)cc3O)nc2c1. The van der Waals surface area contributed by atoms with Crippen molar-refractivity contribution < 1.29 is 23.8 Å². The maximum Gasteiger partial charge on any atom is 0.257 e. The van der Waals surface area contributed by atoms with Gasteiger partial charge >= 0.3 is 0 Å². The fourth-order valence-electron chi connectivity index (χ4n) is 3.32. The van der Waals surface area contributed by atoms with Gasteiger partial charge < -0.3 is 24.3 Å². The van der Waals surface area contributed by atoms with E-state index in [1.54, 1.807) is 30.3 Å². The molecule has 32 heavy (non-hydrogen) atoms. The predicted molar refractivity (Wildman–Crippen MR) is 122 cm³/mol. The number of aromatic nitrogens is 1. The number of oxazole rings is 1. The molecule has 3 aromatic carbocycles. The first-order valence-electron chi connectivity index (χ1n) is 9.69. The molecule has 0 spiro atoms. The van der Waals surface area contributed by atoms with Crippen molar-refractivity contribution in [2.75, 3.05) is 12.1 Å². The number of rotatable bonds is 3. The quantitative estimate of drug-likeness (QED) is 0.398. The van der Waals surface area contributed by atoms with E-state index in [4.69, 9.17) is 26.1 Å². The van der Waals surface area contributed by atoms with Gasteiger partial charge in [0.05, 0.1) is 5.56 Å². The number of fused-ring (bicyclic) bond motifs is 2. The van der Waals surface area contributed by atoms with E-state index in [1.807, 2.05) is 25.1 Å². The van der Waals surface area contributed by atoms with E-state index in [9.17, 15) is 9.90 Å². The second-order valence-corrected chi connectivity index (χ2v) is 7.61. The van der Waals surface area contributed by atoms with Crippen LogP contribution in [0.5, 0.6) is 17.2 Å². The van der Waals surface area contributed by atoms with Crippen LogP contribution >= 0.6 is 12.2 Å². The second-order valence-electron chi connectivity index (χ2n) is 7.20. The molecule has 0 unspecified atom stereocenters. The molecule has 0 saturated heterocycles. The number of aromatic hydroxyl groups is 1. The molecule has 4 aromatic rings. The van der Waals surface area contributed by atoms with Crippen LogP contribution in [0.1, 0.15) is 15.9 Å².